The summed E-state index contributed by atoms with van der Waals surface area (Å²) in [6.07, 6.45) is 3.83. The monoisotopic (exact) mass is 315 g/mol. The van der Waals surface area contributed by atoms with Crippen LogP contribution in [0.5, 0.6) is 0 Å². The Morgan fingerprint density at radius 1 is 1.29 bits per heavy atom. The van der Waals surface area contributed by atoms with Crippen LogP contribution in [0.25, 0.3) is 0 Å². The van der Waals surface area contributed by atoms with Crippen molar-refractivity contribution >= 4 is 50.7 Å². The van der Waals surface area contributed by atoms with Crippen molar-refractivity contribution in [2.45, 2.75) is 21.5 Å². The molecule has 0 N–H and O–H groups in total. The van der Waals surface area contributed by atoms with Gasteiger partial charge in [-0.3, -0.25) is 4.98 Å². The van der Waals surface area contributed by atoms with Crippen molar-refractivity contribution in [3.05, 3.63) is 30.1 Å². The predicted octanol–water partition coefficient (Wildman–Crippen LogP) is 4.45. The molecular weight excluding hydrogens is 308 g/mol. The molecule has 0 fully saturated rings. The second-order valence-electron chi connectivity index (χ2n) is 3.23. The number of aromatic nitrogens is 1. The van der Waals surface area contributed by atoms with Crippen LogP contribution >= 0.6 is 50.7 Å². The van der Waals surface area contributed by atoms with Gasteiger partial charge in [-0.25, -0.2) is 0 Å². The lowest BCUT2D eigenvalue weighted by atomic mass is 9.99. The van der Waals surface area contributed by atoms with E-state index < -0.39 is 3.79 Å². The van der Waals surface area contributed by atoms with E-state index in [-0.39, 0.29) is 4.32 Å². The molecule has 1 nitrogen and oxygen atoms in total. The van der Waals surface area contributed by atoms with E-state index in [0.29, 0.717) is 6.42 Å². The minimum Gasteiger partial charge on any atom is -0.265 e. The predicted molar refractivity (Wildman–Crippen MR) is 65.4 cm³/mol. The third-order valence-corrected chi connectivity index (χ3v) is 2.95. The van der Waals surface area contributed by atoms with Gasteiger partial charge < -0.3 is 0 Å². The molecule has 1 heterocycles. The van der Waals surface area contributed by atoms with Crippen molar-refractivity contribution < 1.29 is 0 Å². The highest BCUT2D eigenvalue weighted by molar-refractivity contribution is 9.09. The molecule has 1 unspecified atom stereocenters. The average molecular weight is 317 g/mol. The summed E-state index contributed by atoms with van der Waals surface area (Å²) in [5.41, 5.74) is 1.04. The Kier molecular flexibility index (Phi) is 4.10. The molecule has 0 aliphatic rings. The van der Waals surface area contributed by atoms with Crippen LogP contribution in [0, 0.1) is 0 Å². The summed E-state index contributed by atoms with van der Waals surface area (Å²) < 4.78 is -1.61. The number of halogens is 4. The van der Waals surface area contributed by atoms with Crippen molar-refractivity contribution in [3.8, 4) is 0 Å². The van der Waals surface area contributed by atoms with E-state index in [2.05, 4.69) is 20.9 Å². The SMILES string of the molecule is CC(Br)(CC(Cl)(Cl)Cl)c1ccncc1. The fourth-order valence-corrected chi connectivity index (χ4v) is 3.15. The smallest absolute Gasteiger partial charge is 0.192 e. The van der Waals surface area contributed by atoms with Crippen LogP contribution in [-0.4, -0.2) is 8.78 Å². The van der Waals surface area contributed by atoms with Crippen molar-refractivity contribution in [1.29, 1.82) is 0 Å². The average Bonchev–Trinajstić information content (AvgIpc) is 2.01. The summed E-state index contributed by atoms with van der Waals surface area (Å²) in [7, 11) is 0. The van der Waals surface area contributed by atoms with E-state index in [1.165, 1.54) is 0 Å². The van der Waals surface area contributed by atoms with Crippen molar-refractivity contribution in [3.63, 3.8) is 0 Å². The van der Waals surface area contributed by atoms with Gasteiger partial charge in [0.15, 0.2) is 3.79 Å². The lowest BCUT2D eigenvalue weighted by Crippen LogP contribution is -2.21. The van der Waals surface area contributed by atoms with Crippen LogP contribution in [0.2, 0.25) is 0 Å². The molecule has 0 bridgehead atoms. The lowest BCUT2D eigenvalue weighted by molar-refractivity contribution is 0.646. The molecule has 78 valence electrons. The lowest BCUT2D eigenvalue weighted by Gasteiger charge is -2.26. The standard InChI is InChI=1S/C9H9BrCl3N/c1-8(10,6-9(11,12)13)7-2-4-14-5-3-7/h2-5H,6H2,1H3. The van der Waals surface area contributed by atoms with E-state index >= 15 is 0 Å². The van der Waals surface area contributed by atoms with Crippen molar-refractivity contribution in [2.24, 2.45) is 0 Å². The maximum absolute atomic E-state index is 5.75. The van der Waals surface area contributed by atoms with Crippen LogP contribution in [0.1, 0.15) is 18.9 Å². The topological polar surface area (TPSA) is 12.9 Å². The fraction of sp³-hybridized carbons (Fsp3) is 0.444. The third kappa shape index (κ3) is 3.93. The van der Waals surface area contributed by atoms with E-state index in [1.807, 2.05) is 19.1 Å². The third-order valence-electron chi connectivity index (χ3n) is 1.81. The summed E-state index contributed by atoms with van der Waals surface area (Å²) in [6, 6.07) is 3.79. The highest BCUT2D eigenvalue weighted by atomic mass is 79.9. The molecule has 0 radical (unpaired) electrons. The normalized spacial score (nSPS) is 16.4. The molecule has 0 spiro atoms. The second kappa shape index (κ2) is 4.56. The Balaban J connectivity index is 2.86. The summed E-state index contributed by atoms with van der Waals surface area (Å²) in [5, 5.41) is 0. The number of hydrogen-bond donors (Lipinski definition) is 0. The maximum Gasteiger partial charge on any atom is 0.192 e. The number of nitrogens with zero attached hydrogens (tertiary/aromatic N) is 1. The quantitative estimate of drug-likeness (QED) is 0.734. The minimum absolute atomic E-state index is 0.346. The first-order chi connectivity index (χ1) is 6.31. The summed E-state index contributed by atoms with van der Waals surface area (Å²) in [6.45, 7) is 1.96. The van der Waals surface area contributed by atoms with Gasteiger partial charge in [-0.05, 0) is 24.6 Å². The molecule has 0 aromatic carbocycles. The second-order valence-corrected chi connectivity index (χ2v) is 7.49. The van der Waals surface area contributed by atoms with Gasteiger partial charge in [-0.2, -0.15) is 0 Å². The van der Waals surface area contributed by atoms with Crippen LogP contribution in [0.4, 0.5) is 0 Å². The molecule has 0 amide bonds. The van der Waals surface area contributed by atoms with Crippen LogP contribution < -0.4 is 0 Å². The molecule has 1 rings (SSSR count). The highest BCUT2D eigenvalue weighted by Gasteiger charge is 2.33. The first kappa shape index (κ1) is 12.6. The zero-order valence-electron chi connectivity index (χ0n) is 7.48. The largest absolute Gasteiger partial charge is 0.265 e. The van der Waals surface area contributed by atoms with Crippen LogP contribution in [-0.2, 0) is 4.32 Å². The summed E-state index contributed by atoms with van der Waals surface area (Å²) >= 11 is 20.8. The first-order valence-electron chi connectivity index (χ1n) is 3.97. The zero-order chi connectivity index (χ0) is 10.8. The Morgan fingerprint density at radius 2 is 1.79 bits per heavy atom. The molecule has 14 heavy (non-hydrogen) atoms. The maximum atomic E-state index is 5.75. The number of hydrogen-bond acceptors (Lipinski definition) is 1. The Morgan fingerprint density at radius 3 is 2.21 bits per heavy atom. The molecule has 0 aliphatic heterocycles. The van der Waals surface area contributed by atoms with Crippen LogP contribution in [0.15, 0.2) is 24.5 Å². The van der Waals surface area contributed by atoms with Gasteiger partial charge in [-0.1, -0.05) is 50.7 Å². The summed E-state index contributed by atoms with van der Waals surface area (Å²) in [5.74, 6) is 0. The molecule has 1 aromatic rings. The molecule has 0 saturated carbocycles. The van der Waals surface area contributed by atoms with Gasteiger partial charge in [0, 0.05) is 18.8 Å². The number of rotatable bonds is 2. The highest BCUT2D eigenvalue weighted by Crippen LogP contribution is 2.44. The van der Waals surface area contributed by atoms with E-state index in [1.54, 1.807) is 12.4 Å². The van der Waals surface area contributed by atoms with Gasteiger partial charge in [-0.15, -0.1) is 0 Å². The summed E-state index contributed by atoms with van der Waals surface area (Å²) in [4.78, 5) is 3.94. The molecule has 5 heteroatoms. The zero-order valence-corrected chi connectivity index (χ0v) is 11.3. The minimum atomic E-state index is -1.26. The van der Waals surface area contributed by atoms with Gasteiger partial charge >= 0.3 is 0 Å². The van der Waals surface area contributed by atoms with Gasteiger partial charge in [0.25, 0.3) is 0 Å². The Bertz CT molecular complexity index is 295. The number of alkyl halides is 4. The van der Waals surface area contributed by atoms with Gasteiger partial charge in [0.2, 0.25) is 0 Å². The first-order valence-corrected chi connectivity index (χ1v) is 5.90. The number of pyridine rings is 1. The Hall–Kier alpha value is 0.500. The van der Waals surface area contributed by atoms with E-state index in [9.17, 15) is 0 Å². The molecule has 1 aromatic heterocycles. The van der Waals surface area contributed by atoms with E-state index in [0.717, 1.165) is 5.56 Å². The molecule has 0 saturated heterocycles. The fourth-order valence-electron chi connectivity index (χ4n) is 1.18. The van der Waals surface area contributed by atoms with Crippen molar-refractivity contribution in [2.75, 3.05) is 0 Å². The Labute approximate surface area is 107 Å². The van der Waals surface area contributed by atoms with Gasteiger partial charge in [0.1, 0.15) is 0 Å². The van der Waals surface area contributed by atoms with Gasteiger partial charge in [0.05, 0.1) is 4.32 Å². The van der Waals surface area contributed by atoms with Crippen LogP contribution in [0.3, 0.4) is 0 Å². The van der Waals surface area contributed by atoms with Crippen molar-refractivity contribution in [1.82, 2.24) is 4.98 Å². The van der Waals surface area contributed by atoms with E-state index in [4.69, 9.17) is 34.8 Å². The molecular formula is C9H9BrCl3N. The molecule has 1 atom stereocenters. The molecule has 0 aliphatic carbocycles.